The molecule has 1 aliphatic heterocycles. The van der Waals surface area contributed by atoms with Crippen LogP contribution in [-0.4, -0.2) is 32.9 Å². The fraction of sp³-hybridized carbons (Fsp3) is 0.176. The Morgan fingerprint density at radius 3 is 1.76 bits per heavy atom. The van der Waals surface area contributed by atoms with Gasteiger partial charge in [0.15, 0.2) is 0 Å². The maximum absolute atomic E-state index is 6.38. The molecular formula is C34H31BN4O2. The van der Waals surface area contributed by atoms with Crippen LogP contribution < -0.4 is 10.4 Å². The third kappa shape index (κ3) is 4.29. The lowest BCUT2D eigenvalue weighted by Gasteiger charge is -2.32. The number of nitrogens with zero attached hydrogens (tertiary/aromatic N) is 4. The van der Waals surface area contributed by atoms with E-state index >= 15 is 0 Å². The van der Waals surface area contributed by atoms with Crippen LogP contribution in [0.15, 0.2) is 116 Å². The van der Waals surface area contributed by atoms with Crippen molar-refractivity contribution in [3.05, 3.63) is 116 Å². The first-order chi connectivity index (χ1) is 19.8. The second-order valence-corrected chi connectivity index (χ2v) is 11.5. The van der Waals surface area contributed by atoms with Gasteiger partial charge in [0.25, 0.3) is 0 Å². The third-order valence-electron chi connectivity index (χ3n) is 8.33. The summed E-state index contributed by atoms with van der Waals surface area (Å²) in [5, 5.41) is 2.27. The van der Waals surface area contributed by atoms with E-state index in [1.54, 1.807) is 0 Å². The molecule has 0 amide bonds. The summed E-state index contributed by atoms with van der Waals surface area (Å²) >= 11 is 0. The molecule has 0 N–H and O–H groups in total. The number of hydrogen-bond donors (Lipinski definition) is 0. The monoisotopic (exact) mass is 538 g/mol. The number of para-hydroxylation sites is 3. The minimum atomic E-state index is -0.454. The molecule has 4 aromatic carbocycles. The largest absolute Gasteiger partial charge is 0.494 e. The molecule has 0 unspecified atom stereocenters. The first-order valence-corrected chi connectivity index (χ1v) is 13.9. The zero-order valence-electron chi connectivity index (χ0n) is 23.7. The van der Waals surface area contributed by atoms with Crippen molar-refractivity contribution in [2.75, 3.05) is 4.90 Å². The second kappa shape index (κ2) is 9.58. The topological polar surface area (TPSA) is 52.4 Å². The minimum absolute atomic E-state index is 0.415. The van der Waals surface area contributed by atoms with Gasteiger partial charge in [-0.05, 0) is 69.6 Å². The summed E-state index contributed by atoms with van der Waals surface area (Å²) in [5.41, 5.74) is 5.15. The molecule has 1 aliphatic rings. The van der Waals surface area contributed by atoms with Crippen LogP contribution in [0.4, 0.5) is 17.1 Å². The molecule has 202 valence electrons. The normalized spacial score (nSPS) is 16.0. The van der Waals surface area contributed by atoms with E-state index in [0.29, 0.717) is 5.95 Å². The van der Waals surface area contributed by atoms with E-state index in [9.17, 15) is 0 Å². The summed E-state index contributed by atoms with van der Waals surface area (Å²) in [6.07, 6.45) is 3.78. The predicted molar refractivity (Wildman–Crippen MR) is 167 cm³/mol. The van der Waals surface area contributed by atoms with Gasteiger partial charge in [-0.1, -0.05) is 66.7 Å². The van der Waals surface area contributed by atoms with Crippen LogP contribution >= 0.6 is 0 Å². The van der Waals surface area contributed by atoms with Crippen LogP contribution in [0.2, 0.25) is 0 Å². The van der Waals surface area contributed by atoms with Gasteiger partial charge >= 0.3 is 7.12 Å². The highest BCUT2D eigenvalue weighted by molar-refractivity contribution is 6.62. The number of anilines is 3. The van der Waals surface area contributed by atoms with E-state index in [1.165, 1.54) is 0 Å². The predicted octanol–water partition coefficient (Wildman–Crippen LogP) is 7.34. The van der Waals surface area contributed by atoms with Crippen molar-refractivity contribution < 1.29 is 9.31 Å². The summed E-state index contributed by atoms with van der Waals surface area (Å²) in [6, 6.07) is 35.3. The summed E-state index contributed by atoms with van der Waals surface area (Å²) in [4.78, 5) is 12.0. The standard InChI is InChI=1S/C34H31BN4O2/c1-33(2)34(3,4)41-35(40-33)24-19-20-29-28-17-11-12-18-30(28)39(31(29)21-24)32-36-22-27(23-37-32)38(25-13-7-5-8-14-25)26-15-9-6-10-16-26/h5-23H,1-4H3. The van der Waals surface area contributed by atoms with Crippen molar-refractivity contribution in [2.45, 2.75) is 38.9 Å². The summed E-state index contributed by atoms with van der Waals surface area (Å²) in [7, 11) is -0.454. The van der Waals surface area contributed by atoms with E-state index in [0.717, 1.165) is 44.3 Å². The fourth-order valence-electron chi connectivity index (χ4n) is 5.48. The zero-order chi connectivity index (χ0) is 28.2. The molecule has 3 heterocycles. The molecule has 1 saturated heterocycles. The Morgan fingerprint density at radius 2 is 1.15 bits per heavy atom. The van der Waals surface area contributed by atoms with Gasteiger partial charge in [0.2, 0.25) is 5.95 Å². The molecule has 2 aromatic heterocycles. The maximum Gasteiger partial charge on any atom is 0.494 e. The number of hydrogen-bond acceptors (Lipinski definition) is 5. The highest BCUT2D eigenvalue weighted by atomic mass is 16.7. The molecule has 41 heavy (non-hydrogen) atoms. The van der Waals surface area contributed by atoms with Crippen molar-refractivity contribution >= 4 is 51.4 Å². The van der Waals surface area contributed by atoms with Crippen LogP contribution in [0.1, 0.15) is 27.7 Å². The Labute approximate surface area is 240 Å². The van der Waals surface area contributed by atoms with Crippen LogP contribution in [0, 0.1) is 0 Å². The van der Waals surface area contributed by atoms with E-state index < -0.39 is 18.3 Å². The van der Waals surface area contributed by atoms with E-state index in [2.05, 4.69) is 97.8 Å². The van der Waals surface area contributed by atoms with E-state index in [1.807, 2.05) is 54.9 Å². The molecule has 0 spiro atoms. The molecule has 0 bridgehead atoms. The smallest absolute Gasteiger partial charge is 0.399 e. The molecule has 7 heteroatoms. The molecule has 1 fully saturated rings. The van der Waals surface area contributed by atoms with Crippen molar-refractivity contribution in [1.29, 1.82) is 0 Å². The molecule has 0 aliphatic carbocycles. The molecular weight excluding hydrogens is 507 g/mol. The molecule has 6 aromatic rings. The van der Waals surface area contributed by atoms with Gasteiger partial charge in [0.1, 0.15) is 0 Å². The Kier molecular flexibility index (Phi) is 5.96. The number of fused-ring (bicyclic) bond motifs is 3. The van der Waals surface area contributed by atoms with E-state index in [-0.39, 0.29) is 0 Å². The molecule has 6 nitrogen and oxygen atoms in total. The Hall–Kier alpha value is -4.46. The van der Waals surface area contributed by atoms with Gasteiger partial charge in [-0.3, -0.25) is 4.57 Å². The molecule has 0 saturated carbocycles. The average Bonchev–Trinajstić information content (AvgIpc) is 3.43. The Morgan fingerprint density at radius 1 is 0.610 bits per heavy atom. The van der Waals surface area contributed by atoms with Crippen LogP contribution in [0.25, 0.3) is 27.8 Å². The van der Waals surface area contributed by atoms with Crippen molar-refractivity contribution in [3.8, 4) is 5.95 Å². The molecule has 0 atom stereocenters. The molecule has 0 radical (unpaired) electrons. The van der Waals surface area contributed by atoms with Crippen molar-refractivity contribution in [3.63, 3.8) is 0 Å². The second-order valence-electron chi connectivity index (χ2n) is 11.5. The lowest BCUT2D eigenvalue weighted by molar-refractivity contribution is 0.00578. The van der Waals surface area contributed by atoms with Gasteiger partial charge in [0, 0.05) is 22.1 Å². The van der Waals surface area contributed by atoms with Crippen molar-refractivity contribution in [1.82, 2.24) is 14.5 Å². The third-order valence-corrected chi connectivity index (χ3v) is 8.33. The number of rotatable bonds is 5. The van der Waals surface area contributed by atoms with Crippen molar-refractivity contribution in [2.24, 2.45) is 0 Å². The van der Waals surface area contributed by atoms with Gasteiger partial charge in [0.05, 0.1) is 40.3 Å². The maximum atomic E-state index is 6.38. The Bertz CT molecular complexity index is 1800. The van der Waals surface area contributed by atoms with Crippen LogP contribution in [0.3, 0.4) is 0 Å². The van der Waals surface area contributed by atoms with Gasteiger partial charge in [-0.15, -0.1) is 0 Å². The SMILES string of the molecule is CC1(C)OB(c2ccc3c4ccccc4n(-c4ncc(N(c5ccccc5)c5ccccc5)cn4)c3c2)OC1(C)C. The van der Waals surface area contributed by atoms with Crippen LogP contribution in [0.5, 0.6) is 0 Å². The fourth-order valence-corrected chi connectivity index (χ4v) is 5.48. The highest BCUT2D eigenvalue weighted by Crippen LogP contribution is 2.38. The highest BCUT2D eigenvalue weighted by Gasteiger charge is 2.51. The first kappa shape index (κ1) is 25.5. The zero-order valence-corrected chi connectivity index (χ0v) is 23.7. The summed E-state index contributed by atoms with van der Waals surface area (Å²) < 4.78 is 14.9. The minimum Gasteiger partial charge on any atom is -0.399 e. The number of benzene rings is 4. The average molecular weight is 538 g/mol. The number of aromatic nitrogens is 3. The van der Waals surface area contributed by atoms with Crippen LogP contribution in [-0.2, 0) is 9.31 Å². The first-order valence-electron chi connectivity index (χ1n) is 13.9. The van der Waals surface area contributed by atoms with Gasteiger partial charge in [-0.25, -0.2) is 9.97 Å². The van der Waals surface area contributed by atoms with Gasteiger partial charge < -0.3 is 14.2 Å². The summed E-state index contributed by atoms with van der Waals surface area (Å²) in [5.74, 6) is 0.604. The Balaban J connectivity index is 1.34. The lowest BCUT2D eigenvalue weighted by atomic mass is 9.79. The lowest BCUT2D eigenvalue weighted by Crippen LogP contribution is -2.41. The molecule has 7 rings (SSSR count). The summed E-state index contributed by atoms with van der Waals surface area (Å²) in [6.45, 7) is 8.30. The van der Waals surface area contributed by atoms with E-state index in [4.69, 9.17) is 19.3 Å². The van der Waals surface area contributed by atoms with Gasteiger partial charge in [-0.2, -0.15) is 0 Å². The quantitative estimate of drug-likeness (QED) is 0.215.